The van der Waals surface area contributed by atoms with Gasteiger partial charge in [-0.2, -0.15) is 0 Å². The summed E-state index contributed by atoms with van der Waals surface area (Å²) in [5, 5.41) is 8.24. The Bertz CT molecular complexity index is 562. The van der Waals surface area contributed by atoms with E-state index in [1.807, 2.05) is 0 Å². The molecule has 0 amide bonds. The Balaban J connectivity index is 3.22. The number of alkyl halides is 1. The Morgan fingerprint density at radius 1 is 1.33 bits per heavy atom. The van der Waals surface area contributed by atoms with Crippen molar-refractivity contribution >= 4 is 29.2 Å². The molecule has 0 radical (unpaired) electrons. The van der Waals surface area contributed by atoms with Crippen molar-refractivity contribution in [2.45, 2.75) is 12.0 Å². The van der Waals surface area contributed by atoms with Crippen molar-refractivity contribution in [2.75, 3.05) is 13.7 Å². The number of nitrogens with zero attached hydrogens (tertiary/aromatic N) is 1. The van der Waals surface area contributed by atoms with Crippen LogP contribution in [0.1, 0.15) is 6.92 Å². The van der Waals surface area contributed by atoms with Crippen molar-refractivity contribution in [1.82, 2.24) is 0 Å². The molecule has 114 valence electrons. The third-order valence-electron chi connectivity index (χ3n) is 2.30. The number of carbonyl (C=O) groups is 2. The smallest absolute Gasteiger partial charge is 0.379 e. The monoisotopic (exact) mass is 317 g/mol. The minimum atomic E-state index is -2.66. The number of hydrogen-bond acceptors (Lipinski definition) is 7. The van der Waals surface area contributed by atoms with Gasteiger partial charge in [0.2, 0.25) is 5.75 Å². The summed E-state index contributed by atoms with van der Waals surface area (Å²) in [6, 6.07) is 5.14. The van der Waals surface area contributed by atoms with Gasteiger partial charge in [-0.25, -0.2) is 9.59 Å². The third kappa shape index (κ3) is 3.60. The minimum Gasteiger partial charge on any atom is -0.465 e. The molecule has 0 aliphatic heterocycles. The van der Waals surface area contributed by atoms with Gasteiger partial charge in [0.25, 0.3) is 0 Å². The summed E-state index contributed by atoms with van der Waals surface area (Å²) in [7, 11) is 0.988. The average molecular weight is 318 g/mol. The maximum Gasteiger partial charge on any atom is 0.379 e. The zero-order valence-corrected chi connectivity index (χ0v) is 12.0. The van der Waals surface area contributed by atoms with Crippen LogP contribution in [0.3, 0.4) is 0 Å². The van der Waals surface area contributed by atoms with Crippen molar-refractivity contribution in [2.24, 2.45) is 0 Å². The molecule has 0 spiro atoms. The van der Waals surface area contributed by atoms with E-state index >= 15 is 0 Å². The molecule has 0 aliphatic rings. The SMILES string of the molecule is CCOC(=O)C(Cl)(Oc1ccccc1[N+](=O)[O-])C(=O)OC. The molecule has 0 bridgehead atoms. The fraction of sp³-hybridized carbons (Fsp3) is 0.333. The molecule has 21 heavy (non-hydrogen) atoms. The van der Waals surface area contributed by atoms with Crippen molar-refractivity contribution in [1.29, 1.82) is 0 Å². The third-order valence-corrected chi connectivity index (χ3v) is 2.68. The molecule has 0 N–H and O–H groups in total. The van der Waals surface area contributed by atoms with Crippen LogP contribution in [0.25, 0.3) is 0 Å². The summed E-state index contributed by atoms with van der Waals surface area (Å²) in [5.41, 5.74) is -0.462. The second kappa shape index (κ2) is 6.89. The van der Waals surface area contributed by atoms with Gasteiger partial charge in [-0.3, -0.25) is 10.1 Å². The van der Waals surface area contributed by atoms with Gasteiger partial charge in [0, 0.05) is 6.07 Å². The average Bonchev–Trinajstić information content (AvgIpc) is 2.46. The lowest BCUT2D eigenvalue weighted by molar-refractivity contribution is -0.386. The number of para-hydroxylation sites is 2. The summed E-state index contributed by atoms with van der Waals surface area (Å²) in [5.74, 6) is -2.84. The number of nitro benzene ring substituents is 1. The van der Waals surface area contributed by atoms with E-state index in [2.05, 4.69) is 9.47 Å². The van der Waals surface area contributed by atoms with E-state index in [1.165, 1.54) is 25.1 Å². The van der Waals surface area contributed by atoms with Gasteiger partial charge in [0.05, 0.1) is 18.6 Å². The maximum absolute atomic E-state index is 11.8. The molecular formula is C12H12ClNO7. The Morgan fingerprint density at radius 2 is 1.95 bits per heavy atom. The van der Waals surface area contributed by atoms with E-state index in [0.717, 1.165) is 13.2 Å². The first-order valence-corrected chi connectivity index (χ1v) is 6.11. The van der Waals surface area contributed by atoms with Gasteiger partial charge >= 0.3 is 22.7 Å². The lowest BCUT2D eigenvalue weighted by atomic mass is 10.3. The van der Waals surface area contributed by atoms with Crippen LogP contribution in [-0.4, -0.2) is 35.6 Å². The molecule has 0 saturated heterocycles. The highest BCUT2D eigenvalue weighted by Crippen LogP contribution is 2.32. The zero-order valence-electron chi connectivity index (χ0n) is 11.2. The highest BCUT2D eigenvalue weighted by molar-refractivity contribution is 6.43. The van der Waals surface area contributed by atoms with Crippen LogP contribution in [-0.2, 0) is 19.1 Å². The Kier molecular flexibility index (Phi) is 5.48. The van der Waals surface area contributed by atoms with Gasteiger partial charge in [0.15, 0.2) is 0 Å². The number of carbonyl (C=O) groups excluding carboxylic acids is 2. The number of esters is 2. The molecule has 0 heterocycles. The molecule has 1 atom stereocenters. The van der Waals surface area contributed by atoms with Crippen LogP contribution in [0, 0.1) is 10.1 Å². The summed E-state index contributed by atoms with van der Waals surface area (Å²) >= 11 is 5.84. The standard InChI is InChI=1S/C12H12ClNO7/c1-3-20-11(16)12(13,10(15)19-2)21-9-7-5-4-6-8(9)14(17)18/h4-7H,3H2,1-2H3. The number of benzene rings is 1. The van der Waals surface area contributed by atoms with Crippen LogP contribution in [0.2, 0.25) is 0 Å². The van der Waals surface area contributed by atoms with Gasteiger partial charge in [-0.05, 0) is 13.0 Å². The molecule has 0 aromatic heterocycles. The molecule has 9 heteroatoms. The number of ether oxygens (including phenoxy) is 3. The van der Waals surface area contributed by atoms with E-state index in [0.29, 0.717) is 0 Å². The highest BCUT2D eigenvalue weighted by Gasteiger charge is 2.51. The Morgan fingerprint density at radius 3 is 2.48 bits per heavy atom. The summed E-state index contributed by atoms with van der Waals surface area (Å²) in [6.45, 7) is 1.43. The summed E-state index contributed by atoms with van der Waals surface area (Å²) in [6.07, 6.45) is 0. The van der Waals surface area contributed by atoms with Crippen LogP contribution in [0.4, 0.5) is 5.69 Å². The highest BCUT2D eigenvalue weighted by atomic mass is 35.5. The van der Waals surface area contributed by atoms with Crippen molar-refractivity contribution < 1.29 is 28.7 Å². The Labute approximate surface area is 124 Å². The second-order valence-electron chi connectivity index (χ2n) is 3.63. The van der Waals surface area contributed by atoms with E-state index < -0.39 is 27.6 Å². The lowest BCUT2D eigenvalue weighted by Crippen LogP contribution is -2.48. The number of nitro groups is 1. The quantitative estimate of drug-likeness (QED) is 0.258. The molecule has 1 aromatic rings. The molecule has 1 aromatic carbocycles. The fourth-order valence-electron chi connectivity index (χ4n) is 1.37. The van der Waals surface area contributed by atoms with Gasteiger partial charge in [-0.15, -0.1) is 0 Å². The molecule has 0 saturated carbocycles. The van der Waals surface area contributed by atoms with Gasteiger partial charge in [0.1, 0.15) is 0 Å². The van der Waals surface area contributed by atoms with E-state index in [4.69, 9.17) is 16.3 Å². The molecule has 0 aliphatic carbocycles. The number of rotatable bonds is 6. The van der Waals surface area contributed by atoms with E-state index in [-0.39, 0.29) is 12.4 Å². The predicted molar refractivity (Wildman–Crippen MR) is 71.0 cm³/mol. The molecule has 0 fully saturated rings. The first-order chi connectivity index (χ1) is 9.86. The predicted octanol–water partition coefficient (Wildman–Crippen LogP) is 1.64. The van der Waals surface area contributed by atoms with Crippen molar-refractivity contribution in [3.05, 3.63) is 34.4 Å². The largest absolute Gasteiger partial charge is 0.465 e. The number of hydrogen-bond donors (Lipinski definition) is 0. The Hall–Kier alpha value is -2.35. The van der Waals surface area contributed by atoms with Gasteiger partial charge < -0.3 is 14.2 Å². The molecule has 8 nitrogen and oxygen atoms in total. The topological polar surface area (TPSA) is 105 Å². The second-order valence-corrected chi connectivity index (χ2v) is 4.17. The lowest BCUT2D eigenvalue weighted by Gasteiger charge is -2.22. The van der Waals surface area contributed by atoms with E-state index in [1.54, 1.807) is 0 Å². The number of methoxy groups -OCH3 is 1. The zero-order chi connectivity index (χ0) is 16.0. The molecule has 1 rings (SSSR count). The van der Waals surface area contributed by atoms with Gasteiger partial charge in [-0.1, -0.05) is 23.7 Å². The van der Waals surface area contributed by atoms with Crippen LogP contribution < -0.4 is 4.74 Å². The molecule has 1 unspecified atom stereocenters. The van der Waals surface area contributed by atoms with Crippen LogP contribution in [0.15, 0.2) is 24.3 Å². The van der Waals surface area contributed by atoms with Crippen LogP contribution in [0.5, 0.6) is 5.75 Å². The summed E-state index contributed by atoms with van der Waals surface area (Å²) in [4.78, 5) is 33.6. The fourth-order valence-corrected chi connectivity index (χ4v) is 1.58. The number of halogens is 1. The summed E-state index contributed by atoms with van der Waals surface area (Å²) < 4.78 is 14.1. The first kappa shape index (κ1) is 16.7. The van der Waals surface area contributed by atoms with E-state index in [9.17, 15) is 19.7 Å². The minimum absolute atomic E-state index is 0.0649. The van der Waals surface area contributed by atoms with Crippen molar-refractivity contribution in [3.63, 3.8) is 0 Å². The maximum atomic E-state index is 11.8. The van der Waals surface area contributed by atoms with Crippen molar-refractivity contribution in [3.8, 4) is 5.75 Å². The first-order valence-electron chi connectivity index (χ1n) is 5.73. The molecular weight excluding hydrogens is 306 g/mol. The van der Waals surface area contributed by atoms with Crippen LogP contribution >= 0.6 is 11.6 Å². The normalized spacial score (nSPS) is 12.9.